The third-order valence-corrected chi connectivity index (χ3v) is 7.12. The maximum Gasteiger partial charge on any atom is 0.196 e. The summed E-state index contributed by atoms with van der Waals surface area (Å²) in [6.45, 7) is 9.47. The topological polar surface area (TPSA) is 76.7 Å². The van der Waals surface area contributed by atoms with Gasteiger partial charge in [-0.1, -0.05) is 73.8 Å². The van der Waals surface area contributed by atoms with Gasteiger partial charge in [0.05, 0.1) is 11.1 Å². The molecule has 0 spiro atoms. The Labute approximate surface area is 246 Å². The monoisotopic (exact) mass is 558 g/mol. The summed E-state index contributed by atoms with van der Waals surface area (Å²) < 4.78 is 11.1. The molecule has 1 aliphatic rings. The van der Waals surface area contributed by atoms with Gasteiger partial charge in [0.25, 0.3) is 0 Å². The summed E-state index contributed by atoms with van der Waals surface area (Å²) in [5, 5.41) is 6.84. The zero-order valence-corrected chi connectivity index (χ0v) is 23.5. The molecule has 0 unspecified atom stereocenters. The van der Waals surface area contributed by atoms with E-state index in [-0.39, 0.29) is 11.6 Å². The third-order valence-electron chi connectivity index (χ3n) is 7.12. The summed E-state index contributed by atoms with van der Waals surface area (Å²) in [7, 11) is 0. The molecule has 4 aromatic carbocycles. The minimum Gasteiger partial charge on any atom is -0.490 e. The fraction of sp³-hybridized carbons (Fsp3) is 0.167. The van der Waals surface area contributed by atoms with E-state index in [0.29, 0.717) is 59.9 Å². The van der Waals surface area contributed by atoms with Gasteiger partial charge in [-0.25, -0.2) is 0 Å². The minimum absolute atomic E-state index is 0.148. The predicted molar refractivity (Wildman–Crippen MR) is 168 cm³/mol. The lowest BCUT2D eigenvalue weighted by Gasteiger charge is -2.24. The number of benzene rings is 4. The van der Waals surface area contributed by atoms with Gasteiger partial charge in [-0.2, -0.15) is 0 Å². The zero-order chi connectivity index (χ0) is 29.3. The van der Waals surface area contributed by atoms with Crippen molar-refractivity contribution >= 4 is 22.9 Å². The van der Waals surface area contributed by atoms with Crippen LogP contribution in [0.25, 0.3) is 0 Å². The Kier molecular flexibility index (Phi) is 9.14. The summed E-state index contributed by atoms with van der Waals surface area (Å²) in [6.07, 6.45) is 4.91. The van der Waals surface area contributed by atoms with Crippen LogP contribution in [0.1, 0.15) is 43.0 Å². The van der Waals surface area contributed by atoms with Crippen molar-refractivity contribution in [2.24, 2.45) is 0 Å². The third kappa shape index (κ3) is 6.44. The highest BCUT2D eigenvalue weighted by molar-refractivity contribution is 6.31. The maximum atomic E-state index is 13.7. The second-order valence-corrected chi connectivity index (χ2v) is 9.96. The van der Waals surface area contributed by atoms with Crippen LogP contribution in [0.3, 0.4) is 0 Å². The summed E-state index contributed by atoms with van der Waals surface area (Å²) in [6, 6.07) is 26.6. The van der Waals surface area contributed by atoms with Crippen LogP contribution in [0.4, 0.5) is 11.4 Å². The number of ketones is 2. The lowest BCUT2D eigenvalue weighted by molar-refractivity contribution is 0.0980. The fourth-order valence-electron chi connectivity index (χ4n) is 5.02. The van der Waals surface area contributed by atoms with Crippen molar-refractivity contribution < 1.29 is 19.1 Å². The van der Waals surface area contributed by atoms with Crippen LogP contribution in [-0.4, -0.2) is 37.9 Å². The van der Waals surface area contributed by atoms with Crippen LogP contribution in [-0.2, 0) is 12.8 Å². The van der Waals surface area contributed by atoms with E-state index in [9.17, 15) is 9.59 Å². The zero-order valence-electron chi connectivity index (χ0n) is 23.5. The molecule has 0 radical (unpaired) electrons. The van der Waals surface area contributed by atoms with E-state index in [1.54, 1.807) is 36.4 Å². The van der Waals surface area contributed by atoms with Crippen LogP contribution in [0.2, 0.25) is 0 Å². The molecule has 0 amide bonds. The number of hydrogen-bond donors (Lipinski definition) is 2. The molecular formula is C36H34N2O4. The number of anilines is 2. The van der Waals surface area contributed by atoms with Crippen LogP contribution < -0.4 is 20.1 Å². The molecule has 5 rings (SSSR count). The molecule has 0 bridgehead atoms. The van der Waals surface area contributed by atoms with Crippen LogP contribution in [0.5, 0.6) is 11.5 Å². The van der Waals surface area contributed by atoms with E-state index in [1.807, 2.05) is 60.7 Å². The summed E-state index contributed by atoms with van der Waals surface area (Å²) in [4.78, 5) is 27.5. The average Bonchev–Trinajstić information content (AvgIpc) is 3.03. The Bertz CT molecular complexity index is 1470. The fourth-order valence-corrected chi connectivity index (χ4v) is 5.02. The highest BCUT2D eigenvalue weighted by atomic mass is 16.5. The van der Waals surface area contributed by atoms with E-state index in [0.717, 1.165) is 35.5 Å². The van der Waals surface area contributed by atoms with E-state index in [4.69, 9.17) is 9.47 Å². The predicted octanol–water partition coefficient (Wildman–Crippen LogP) is 6.90. The van der Waals surface area contributed by atoms with Gasteiger partial charge in [-0.3, -0.25) is 9.59 Å². The Balaban J connectivity index is 1.32. The minimum atomic E-state index is -0.148. The van der Waals surface area contributed by atoms with Crippen molar-refractivity contribution in [3.63, 3.8) is 0 Å². The molecule has 42 heavy (non-hydrogen) atoms. The van der Waals surface area contributed by atoms with Crippen molar-refractivity contribution in [1.29, 1.82) is 0 Å². The number of rotatable bonds is 14. The molecule has 4 aromatic rings. The lowest BCUT2D eigenvalue weighted by atomic mass is 9.82. The molecular weight excluding hydrogens is 524 g/mol. The first-order valence-electron chi connectivity index (χ1n) is 14.1. The molecule has 6 nitrogen and oxygen atoms in total. The van der Waals surface area contributed by atoms with Crippen molar-refractivity contribution in [3.05, 3.63) is 144 Å². The van der Waals surface area contributed by atoms with Gasteiger partial charge < -0.3 is 20.1 Å². The molecule has 212 valence electrons. The second kappa shape index (κ2) is 13.5. The van der Waals surface area contributed by atoms with Gasteiger partial charge in [0.2, 0.25) is 0 Å². The van der Waals surface area contributed by atoms with Crippen molar-refractivity contribution in [2.45, 2.75) is 12.8 Å². The molecule has 0 aromatic heterocycles. The maximum absolute atomic E-state index is 13.7. The first-order chi connectivity index (χ1) is 20.6. The lowest BCUT2D eigenvalue weighted by Crippen LogP contribution is -2.25. The number of nitrogens with one attached hydrogen (secondary N) is 2. The first-order valence-corrected chi connectivity index (χ1v) is 14.1. The molecule has 0 saturated heterocycles. The summed E-state index contributed by atoms with van der Waals surface area (Å²) >= 11 is 0. The summed E-state index contributed by atoms with van der Waals surface area (Å²) in [5.41, 5.74) is 5.28. The number of carbonyl (C=O) groups excluding carboxylic acids is 2. The molecule has 2 N–H and O–H groups in total. The summed E-state index contributed by atoms with van der Waals surface area (Å²) in [5.74, 6) is 1.29. The van der Waals surface area contributed by atoms with E-state index < -0.39 is 0 Å². The number of ether oxygens (including phenoxy) is 2. The highest BCUT2D eigenvalue weighted by Crippen LogP contribution is 2.36. The number of fused-ring (bicyclic) bond motifs is 2. The first kappa shape index (κ1) is 28.4. The standard InChI is InChI=1S/C36H34N2O4/c1-3-23-41-27-13-9-25(10-14-27)19-21-37-31-17-18-32(38-22-20-26-11-15-28(16-12-26)42-24-4-2)34-33(31)35(39)29-7-5-6-8-30(29)36(34)40/h3-18,37-38H,1-2,19-24H2. The molecule has 0 fully saturated rings. The van der Waals surface area contributed by atoms with Gasteiger partial charge in [0.1, 0.15) is 24.7 Å². The average molecular weight is 559 g/mol. The Morgan fingerprint density at radius 2 is 0.976 bits per heavy atom. The van der Waals surface area contributed by atoms with Crippen LogP contribution in [0.15, 0.2) is 110 Å². The van der Waals surface area contributed by atoms with E-state index in [2.05, 4.69) is 23.8 Å². The van der Waals surface area contributed by atoms with Gasteiger partial charge in [-0.05, 0) is 60.4 Å². The van der Waals surface area contributed by atoms with Crippen molar-refractivity contribution in [1.82, 2.24) is 0 Å². The van der Waals surface area contributed by atoms with E-state index in [1.165, 1.54) is 0 Å². The Morgan fingerprint density at radius 3 is 1.36 bits per heavy atom. The SMILES string of the molecule is C=CCOc1ccc(CCNc2ccc(NCCc3ccc(OCC=C)cc3)c3c2C(=O)c2ccccc2C3=O)cc1. The van der Waals surface area contributed by atoms with Crippen molar-refractivity contribution in [3.8, 4) is 11.5 Å². The highest BCUT2D eigenvalue weighted by Gasteiger charge is 2.33. The molecule has 1 aliphatic carbocycles. The Hall–Kier alpha value is -5.10. The van der Waals surface area contributed by atoms with Gasteiger partial charge >= 0.3 is 0 Å². The van der Waals surface area contributed by atoms with Crippen molar-refractivity contribution in [2.75, 3.05) is 36.9 Å². The quantitative estimate of drug-likeness (QED) is 0.144. The van der Waals surface area contributed by atoms with Crippen LogP contribution in [0, 0.1) is 0 Å². The molecule has 0 heterocycles. The molecule has 6 heteroatoms. The second-order valence-electron chi connectivity index (χ2n) is 9.96. The molecule has 0 aliphatic heterocycles. The van der Waals surface area contributed by atoms with Gasteiger partial charge in [0, 0.05) is 35.6 Å². The smallest absolute Gasteiger partial charge is 0.196 e. The van der Waals surface area contributed by atoms with E-state index >= 15 is 0 Å². The Morgan fingerprint density at radius 1 is 0.571 bits per heavy atom. The molecule has 0 saturated carbocycles. The van der Waals surface area contributed by atoms with Gasteiger partial charge in [0.15, 0.2) is 11.6 Å². The molecule has 0 atom stereocenters. The van der Waals surface area contributed by atoms with Gasteiger partial charge in [-0.15, -0.1) is 0 Å². The number of carbonyl (C=O) groups is 2. The normalized spacial score (nSPS) is 11.7. The number of hydrogen-bond acceptors (Lipinski definition) is 6. The largest absolute Gasteiger partial charge is 0.490 e. The van der Waals surface area contributed by atoms with Crippen LogP contribution >= 0.6 is 0 Å².